The van der Waals surface area contributed by atoms with Crippen molar-refractivity contribution >= 4 is 0 Å². The van der Waals surface area contributed by atoms with Crippen molar-refractivity contribution in [3.05, 3.63) is 41.6 Å². The first kappa shape index (κ1) is 16.5. The van der Waals surface area contributed by atoms with Crippen molar-refractivity contribution in [1.29, 1.82) is 0 Å². The Labute approximate surface area is 148 Å². The Bertz CT molecular complexity index is 713. The molecule has 1 saturated carbocycles. The third-order valence-corrected chi connectivity index (χ3v) is 5.21. The predicted molar refractivity (Wildman–Crippen MR) is 94.4 cm³/mol. The molecule has 2 unspecified atom stereocenters. The monoisotopic (exact) mass is 342 g/mol. The fraction of sp³-hybridized carbons (Fsp3) is 0.579. The van der Waals surface area contributed by atoms with E-state index in [0.717, 1.165) is 31.2 Å². The first-order valence-corrected chi connectivity index (χ1v) is 9.23. The second-order valence-corrected chi connectivity index (χ2v) is 6.91. The average Bonchev–Trinajstić information content (AvgIpc) is 3.24. The molecule has 2 heterocycles. The maximum Gasteiger partial charge on any atom is 0.230 e. The van der Waals surface area contributed by atoms with Gasteiger partial charge in [-0.25, -0.2) is 0 Å². The van der Waals surface area contributed by atoms with Gasteiger partial charge in [-0.3, -0.25) is 4.90 Å². The first-order chi connectivity index (χ1) is 12.3. The van der Waals surface area contributed by atoms with E-state index in [1.165, 1.54) is 18.4 Å². The van der Waals surface area contributed by atoms with Gasteiger partial charge in [0.15, 0.2) is 0 Å². The van der Waals surface area contributed by atoms with Gasteiger partial charge in [0.25, 0.3) is 0 Å². The molecule has 2 aliphatic rings. The normalized spacial score (nSPS) is 23.9. The lowest BCUT2D eigenvalue weighted by Gasteiger charge is -2.29. The summed E-state index contributed by atoms with van der Waals surface area (Å²) in [5.41, 5.74) is 1.32. The van der Waals surface area contributed by atoms with Crippen LogP contribution in [0.15, 0.2) is 28.7 Å². The number of methoxy groups -OCH3 is 1. The van der Waals surface area contributed by atoms with Crippen molar-refractivity contribution in [2.45, 2.75) is 57.3 Å². The van der Waals surface area contributed by atoms with Crippen molar-refractivity contribution < 1.29 is 9.15 Å². The summed E-state index contributed by atoms with van der Waals surface area (Å²) in [4.78, 5) is 2.65. The van der Waals surface area contributed by atoms with Gasteiger partial charge < -0.3 is 14.5 Å². The Kier molecular flexibility index (Phi) is 4.72. The van der Waals surface area contributed by atoms with Crippen LogP contribution < -0.4 is 10.1 Å². The Morgan fingerprint density at radius 2 is 2.08 bits per heavy atom. The molecule has 1 aromatic carbocycles. The summed E-state index contributed by atoms with van der Waals surface area (Å²) in [5, 5.41) is 11.8. The topological polar surface area (TPSA) is 63.4 Å². The highest BCUT2D eigenvalue weighted by Crippen LogP contribution is 2.41. The van der Waals surface area contributed by atoms with Crippen LogP contribution in [0, 0.1) is 0 Å². The molecule has 1 aliphatic heterocycles. The van der Waals surface area contributed by atoms with E-state index < -0.39 is 0 Å². The van der Waals surface area contributed by atoms with E-state index in [0.29, 0.717) is 30.4 Å². The molecule has 1 aliphatic carbocycles. The number of aromatic nitrogens is 2. The average molecular weight is 342 g/mol. The van der Waals surface area contributed by atoms with Gasteiger partial charge in [-0.2, -0.15) is 0 Å². The lowest BCUT2D eigenvalue weighted by atomic mass is 9.99. The largest absolute Gasteiger partial charge is 0.497 e. The van der Waals surface area contributed by atoms with Crippen LogP contribution in [0.25, 0.3) is 0 Å². The van der Waals surface area contributed by atoms with E-state index in [2.05, 4.69) is 38.6 Å². The molecule has 0 radical (unpaired) electrons. The SMILES string of the molecule is CCc1nnc(CNC2CCN(C3CC3)C2c2cccc(OC)c2)o1. The number of rotatable bonds is 7. The molecule has 2 aromatic rings. The number of ether oxygens (including phenoxy) is 1. The number of likely N-dealkylation sites (tertiary alicyclic amines) is 1. The Morgan fingerprint density at radius 1 is 1.24 bits per heavy atom. The number of aryl methyl sites for hydroxylation is 1. The molecular weight excluding hydrogens is 316 g/mol. The predicted octanol–water partition coefficient (Wildman–Crippen LogP) is 2.71. The van der Waals surface area contributed by atoms with Gasteiger partial charge in [-0.05, 0) is 37.0 Å². The third kappa shape index (κ3) is 3.55. The molecule has 1 saturated heterocycles. The first-order valence-electron chi connectivity index (χ1n) is 9.23. The third-order valence-electron chi connectivity index (χ3n) is 5.21. The van der Waals surface area contributed by atoms with Crippen molar-refractivity contribution in [2.24, 2.45) is 0 Å². The molecule has 6 nitrogen and oxygen atoms in total. The number of benzene rings is 1. The molecule has 4 rings (SSSR count). The number of hydrogen-bond acceptors (Lipinski definition) is 6. The summed E-state index contributed by atoms with van der Waals surface area (Å²) in [5.74, 6) is 2.29. The lowest BCUT2D eigenvalue weighted by molar-refractivity contribution is 0.224. The highest BCUT2D eigenvalue weighted by atomic mass is 16.5. The zero-order valence-electron chi connectivity index (χ0n) is 14.9. The molecule has 25 heavy (non-hydrogen) atoms. The highest BCUT2D eigenvalue weighted by molar-refractivity contribution is 5.32. The molecule has 0 bridgehead atoms. The maximum atomic E-state index is 5.64. The van der Waals surface area contributed by atoms with Gasteiger partial charge in [0.1, 0.15) is 5.75 Å². The Hall–Kier alpha value is -1.92. The standard InChI is InChI=1S/C19H26N4O2/c1-3-17-21-22-18(25-17)12-20-16-9-10-23(14-7-8-14)19(16)13-5-4-6-15(11-13)24-2/h4-6,11,14,16,19-20H,3,7-10,12H2,1-2H3. The minimum Gasteiger partial charge on any atom is -0.497 e. The number of nitrogens with one attached hydrogen (secondary N) is 1. The molecule has 0 spiro atoms. The van der Waals surface area contributed by atoms with Gasteiger partial charge in [-0.1, -0.05) is 19.1 Å². The van der Waals surface area contributed by atoms with Gasteiger partial charge in [0.05, 0.1) is 19.7 Å². The van der Waals surface area contributed by atoms with Crippen LogP contribution >= 0.6 is 0 Å². The van der Waals surface area contributed by atoms with E-state index in [-0.39, 0.29) is 0 Å². The van der Waals surface area contributed by atoms with Gasteiger partial charge in [-0.15, -0.1) is 10.2 Å². The lowest BCUT2D eigenvalue weighted by Crippen LogP contribution is -2.36. The van der Waals surface area contributed by atoms with Crippen molar-refractivity contribution in [1.82, 2.24) is 20.4 Å². The van der Waals surface area contributed by atoms with Crippen LogP contribution in [0.5, 0.6) is 5.75 Å². The van der Waals surface area contributed by atoms with Crippen LogP contribution in [0.3, 0.4) is 0 Å². The van der Waals surface area contributed by atoms with Crippen LogP contribution in [-0.4, -0.2) is 40.8 Å². The minimum absolute atomic E-state index is 0.371. The maximum absolute atomic E-state index is 5.64. The second kappa shape index (κ2) is 7.14. The van der Waals surface area contributed by atoms with Crippen LogP contribution in [-0.2, 0) is 13.0 Å². The van der Waals surface area contributed by atoms with Gasteiger partial charge >= 0.3 is 0 Å². The van der Waals surface area contributed by atoms with Gasteiger partial charge in [0.2, 0.25) is 11.8 Å². The molecule has 6 heteroatoms. The number of hydrogen-bond donors (Lipinski definition) is 1. The molecule has 134 valence electrons. The van der Waals surface area contributed by atoms with E-state index in [4.69, 9.17) is 9.15 Å². The second-order valence-electron chi connectivity index (χ2n) is 6.91. The molecule has 2 atom stereocenters. The van der Waals surface area contributed by atoms with Crippen LogP contribution in [0.4, 0.5) is 0 Å². The molecular formula is C19H26N4O2. The molecule has 1 aromatic heterocycles. The van der Waals surface area contributed by atoms with Gasteiger partial charge in [0, 0.05) is 25.0 Å². The minimum atomic E-state index is 0.371. The van der Waals surface area contributed by atoms with E-state index in [1.54, 1.807) is 7.11 Å². The highest BCUT2D eigenvalue weighted by Gasteiger charge is 2.42. The van der Waals surface area contributed by atoms with E-state index in [1.807, 2.05) is 13.0 Å². The van der Waals surface area contributed by atoms with E-state index >= 15 is 0 Å². The summed E-state index contributed by atoms with van der Waals surface area (Å²) >= 11 is 0. The van der Waals surface area contributed by atoms with Crippen molar-refractivity contribution in [2.75, 3.05) is 13.7 Å². The van der Waals surface area contributed by atoms with Crippen LogP contribution in [0.2, 0.25) is 0 Å². The quantitative estimate of drug-likeness (QED) is 0.835. The zero-order valence-corrected chi connectivity index (χ0v) is 14.9. The fourth-order valence-corrected chi connectivity index (χ4v) is 3.82. The molecule has 2 fully saturated rings. The van der Waals surface area contributed by atoms with Crippen LogP contribution in [0.1, 0.15) is 49.6 Å². The summed E-state index contributed by atoms with van der Waals surface area (Å²) < 4.78 is 11.1. The van der Waals surface area contributed by atoms with E-state index in [9.17, 15) is 0 Å². The van der Waals surface area contributed by atoms with Crippen molar-refractivity contribution in [3.8, 4) is 5.75 Å². The summed E-state index contributed by atoms with van der Waals surface area (Å²) in [7, 11) is 1.73. The number of nitrogens with zero attached hydrogens (tertiary/aromatic N) is 3. The Morgan fingerprint density at radius 3 is 2.80 bits per heavy atom. The summed E-state index contributed by atoms with van der Waals surface area (Å²) in [6, 6.07) is 9.96. The summed E-state index contributed by atoms with van der Waals surface area (Å²) in [6.07, 6.45) is 4.54. The van der Waals surface area contributed by atoms with Crippen molar-refractivity contribution in [3.63, 3.8) is 0 Å². The Balaban J connectivity index is 1.51. The smallest absolute Gasteiger partial charge is 0.230 e. The molecule has 1 N–H and O–H groups in total. The fourth-order valence-electron chi connectivity index (χ4n) is 3.82. The summed E-state index contributed by atoms with van der Waals surface area (Å²) in [6.45, 7) is 3.78. The molecule has 0 amide bonds. The zero-order chi connectivity index (χ0) is 17.2.